The second-order valence-electron chi connectivity index (χ2n) is 4.12. The first kappa shape index (κ1) is 12.0. The van der Waals surface area contributed by atoms with Crippen LogP contribution in [-0.4, -0.2) is 20.8 Å². The van der Waals surface area contributed by atoms with E-state index in [1.165, 1.54) is 30.7 Å². The summed E-state index contributed by atoms with van der Waals surface area (Å²) in [7, 11) is 0. The lowest BCUT2D eigenvalue weighted by atomic mass is 10.0. The van der Waals surface area contributed by atoms with Crippen molar-refractivity contribution in [1.82, 2.24) is 15.2 Å². The SMILES string of the molecule is CCn1nccc1C(NN)C1CCCCS1. The molecule has 0 spiro atoms. The van der Waals surface area contributed by atoms with Gasteiger partial charge in [-0.2, -0.15) is 16.9 Å². The largest absolute Gasteiger partial charge is 0.271 e. The summed E-state index contributed by atoms with van der Waals surface area (Å²) in [4.78, 5) is 0. The van der Waals surface area contributed by atoms with E-state index < -0.39 is 0 Å². The van der Waals surface area contributed by atoms with Crippen molar-refractivity contribution in [3.05, 3.63) is 18.0 Å². The monoisotopic (exact) mass is 240 g/mol. The van der Waals surface area contributed by atoms with Gasteiger partial charge in [0.1, 0.15) is 0 Å². The molecule has 0 radical (unpaired) electrons. The van der Waals surface area contributed by atoms with E-state index in [1.807, 2.05) is 22.6 Å². The first-order chi connectivity index (χ1) is 7.86. The van der Waals surface area contributed by atoms with E-state index in [0.29, 0.717) is 5.25 Å². The van der Waals surface area contributed by atoms with Crippen molar-refractivity contribution < 1.29 is 0 Å². The Morgan fingerprint density at radius 3 is 3.19 bits per heavy atom. The van der Waals surface area contributed by atoms with E-state index in [2.05, 4.69) is 23.5 Å². The van der Waals surface area contributed by atoms with E-state index >= 15 is 0 Å². The van der Waals surface area contributed by atoms with Crippen LogP contribution in [0.5, 0.6) is 0 Å². The Morgan fingerprint density at radius 2 is 2.56 bits per heavy atom. The molecule has 0 aromatic carbocycles. The van der Waals surface area contributed by atoms with Crippen molar-refractivity contribution in [1.29, 1.82) is 0 Å². The standard InChI is InChI=1S/C11H20N4S/c1-2-15-9(6-7-13-15)11(14-12)10-5-3-4-8-16-10/h6-7,10-11,14H,2-5,8,12H2,1H3. The molecule has 1 aromatic rings. The molecule has 1 fully saturated rings. The van der Waals surface area contributed by atoms with Gasteiger partial charge >= 0.3 is 0 Å². The van der Waals surface area contributed by atoms with Crippen molar-refractivity contribution in [2.75, 3.05) is 5.75 Å². The summed E-state index contributed by atoms with van der Waals surface area (Å²) in [5.74, 6) is 6.97. The fourth-order valence-electron chi connectivity index (χ4n) is 2.28. The number of hydrazine groups is 1. The Balaban J connectivity index is 2.14. The van der Waals surface area contributed by atoms with Crippen LogP contribution < -0.4 is 11.3 Å². The third-order valence-corrected chi connectivity index (χ3v) is 4.59. The molecule has 0 aliphatic carbocycles. The van der Waals surface area contributed by atoms with Gasteiger partial charge in [-0.05, 0) is 31.6 Å². The molecule has 2 atom stereocenters. The average Bonchev–Trinajstić information content (AvgIpc) is 2.80. The molecule has 5 heteroatoms. The third kappa shape index (κ3) is 2.42. The van der Waals surface area contributed by atoms with Crippen LogP contribution in [0, 0.1) is 0 Å². The maximum atomic E-state index is 5.71. The number of nitrogens with one attached hydrogen (secondary N) is 1. The molecule has 16 heavy (non-hydrogen) atoms. The van der Waals surface area contributed by atoms with Crippen LogP contribution in [0.3, 0.4) is 0 Å². The highest BCUT2D eigenvalue weighted by Gasteiger charge is 2.26. The van der Waals surface area contributed by atoms with Gasteiger partial charge in [-0.3, -0.25) is 16.0 Å². The molecule has 1 aliphatic rings. The van der Waals surface area contributed by atoms with E-state index in [1.54, 1.807) is 0 Å². The molecule has 1 saturated heterocycles. The number of hydrogen-bond donors (Lipinski definition) is 2. The molecule has 90 valence electrons. The molecule has 0 saturated carbocycles. The molecular formula is C11H20N4S. The predicted molar refractivity (Wildman–Crippen MR) is 68.1 cm³/mol. The highest BCUT2D eigenvalue weighted by Crippen LogP contribution is 2.34. The molecule has 2 rings (SSSR count). The lowest BCUT2D eigenvalue weighted by Gasteiger charge is -2.29. The number of thioether (sulfide) groups is 1. The number of aryl methyl sites for hydroxylation is 1. The van der Waals surface area contributed by atoms with Gasteiger partial charge in [0.05, 0.1) is 11.7 Å². The zero-order valence-electron chi connectivity index (χ0n) is 9.72. The van der Waals surface area contributed by atoms with Gasteiger partial charge in [-0.15, -0.1) is 0 Å². The summed E-state index contributed by atoms with van der Waals surface area (Å²) >= 11 is 2.03. The van der Waals surface area contributed by atoms with Crippen molar-refractivity contribution in [3.8, 4) is 0 Å². The highest BCUT2D eigenvalue weighted by atomic mass is 32.2. The van der Waals surface area contributed by atoms with Gasteiger partial charge in [0.25, 0.3) is 0 Å². The number of rotatable bonds is 4. The smallest absolute Gasteiger partial charge is 0.0747 e. The maximum absolute atomic E-state index is 5.71. The molecule has 4 nitrogen and oxygen atoms in total. The molecule has 2 unspecified atom stereocenters. The van der Waals surface area contributed by atoms with Crippen LogP contribution in [0.25, 0.3) is 0 Å². The number of aromatic nitrogens is 2. The van der Waals surface area contributed by atoms with Crippen LogP contribution in [0.4, 0.5) is 0 Å². The van der Waals surface area contributed by atoms with Crippen LogP contribution >= 0.6 is 11.8 Å². The number of nitrogens with two attached hydrogens (primary N) is 1. The van der Waals surface area contributed by atoms with Crippen LogP contribution in [-0.2, 0) is 6.54 Å². The highest BCUT2D eigenvalue weighted by molar-refractivity contribution is 8.00. The van der Waals surface area contributed by atoms with Crippen molar-refractivity contribution in [3.63, 3.8) is 0 Å². The Labute approximate surface area is 101 Å². The van der Waals surface area contributed by atoms with Gasteiger partial charge in [-0.1, -0.05) is 6.42 Å². The number of hydrogen-bond acceptors (Lipinski definition) is 4. The Bertz CT molecular complexity index is 320. The molecule has 1 aromatic heterocycles. The maximum Gasteiger partial charge on any atom is 0.0747 e. The first-order valence-corrected chi connectivity index (χ1v) is 7.01. The molecular weight excluding hydrogens is 220 g/mol. The summed E-state index contributed by atoms with van der Waals surface area (Å²) in [5.41, 5.74) is 4.18. The van der Waals surface area contributed by atoms with Gasteiger partial charge < -0.3 is 0 Å². The zero-order chi connectivity index (χ0) is 11.4. The second kappa shape index (κ2) is 5.70. The molecule has 2 heterocycles. The Hall–Kier alpha value is -0.520. The molecule has 1 aliphatic heterocycles. The summed E-state index contributed by atoms with van der Waals surface area (Å²) < 4.78 is 2.03. The minimum atomic E-state index is 0.229. The van der Waals surface area contributed by atoms with E-state index in [9.17, 15) is 0 Å². The Kier molecular flexibility index (Phi) is 4.26. The topological polar surface area (TPSA) is 55.9 Å². The summed E-state index contributed by atoms with van der Waals surface area (Å²) in [6, 6.07) is 2.30. The first-order valence-electron chi connectivity index (χ1n) is 5.96. The fraction of sp³-hybridized carbons (Fsp3) is 0.727. The molecule has 3 N–H and O–H groups in total. The van der Waals surface area contributed by atoms with Crippen molar-refractivity contribution >= 4 is 11.8 Å². The second-order valence-corrected chi connectivity index (χ2v) is 5.47. The Morgan fingerprint density at radius 1 is 1.69 bits per heavy atom. The van der Waals surface area contributed by atoms with E-state index in [4.69, 9.17) is 5.84 Å². The van der Waals surface area contributed by atoms with Gasteiger partial charge in [0, 0.05) is 18.0 Å². The zero-order valence-corrected chi connectivity index (χ0v) is 10.5. The van der Waals surface area contributed by atoms with Crippen LogP contribution in [0.15, 0.2) is 12.3 Å². The summed E-state index contributed by atoms with van der Waals surface area (Å²) in [6.45, 7) is 3.01. The van der Waals surface area contributed by atoms with Crippen LogP contribution in [0.1, 0.15) is 37.9 Å². The minimum absolute atomic E-state index is 0.229. The van der Waals surface area contributed by atoms with E-state index in [-0.39, 0.29) is 6.04 Å². The summed E-state index contributed by atoms with van der Waals surface area (Å²) in [6.07, 6.45) is 5.76. The quantitative estimate of drug-likeness (QED) is 0.621. The minimum Gasteiger partial charge on any atom is -0.271 e. The average molecular weight is 240 g/mol. The van der Waals surface area contributed by atoms with E-state index in [0.717, 1.165) is 6.54 Å². The molecule has 0 bridgehead atoms. The lowest BCUT2D eigenvalue weighted by Crippen LogP contribution is -2.37. The van der Waals surface area contributed by atoms with Gasteiger partial charge in [0.2, 0.25) is 0 Å². The lowest BCUT2D eigenvalue weighted by molar-refractivity contribution is 0.453. The fourth-order valence-corrected chi connectivity index (χ4v) is 3.70. The van der Waals surface area contributed by atoms with Crippen molar-refractivity contribution in [2.45, 2.75) is 44.0 Å². The number of nitrogens with zero attached hydrogens (tertiary/aromatic N) is 2. The van der Waals surface area contributed by atoms with Crippen molar-refractivity contribution in [2.24, 2.45) is 5.84 Å². The molecule has 0 amide bonds. The third-order valence-electron chi connectivity index (χ3n) is 3.13. The normalized spacial score (nSPS) is 23.2. The van der Waals surface area contributed by atoms with Crippen LogP contribution in [0.2, 0.25) is 0 Å². The summed E-state index contributed by atoms with van der Waals surface area (Å²) in [5, 5.41) is 4.89. The van der Waals surface area contributed by atoms with Gasteiger partial charge in [-0.25, -0.2) is 0 Å². The predicted octanol–water partition coefficient (Wildman–Crippen LogP) is 1.69. The van der Waals surface area contributed by atoms with Gasteiger partial charge in [0.15, 0.2) is 0 Å².